The number of aromatic nitrogens is 2. The molecule has 0 aliphatic heterocycles. The van der Waals surface area contributed by atoms with Crippen molar-refractivity contribution in [2.45, 2.75) is 19.9 Å². The number of nitrogens with one attached hydrogen (secondary N) is 1. The van der Waals surface area contributed by atoms with Crippen LogP contribution in [0, 0.1) is 22.7 Å². The first kappa shape index (κ1) is 15.3. The lowest BCUT2D eigenvalue weighted by atomic mass is 10.0. The molecule has 6 heteroatoms. The Morgan fingerprint density at radius 1 is 1.23 bits per heavy atom. The SMILES string of the molecule is CNC(=O)c1c(C#N)c(-c2ccc(C#N)cc2)nn1C(C)C. The summed E-state index contributed by atoms with van der Waals surface area (Å²) in [4.78, 5) is 12.1. The minimum atomic E-state index is -0.349. The van der Waals surface area contributed by atoms with E-state index in [-0.39, 0.29) is 23.2 Å². The second-order valence-corrected chi connectivity index (χ2v) is 4.99. The minimum Gasteiger partial charge on any atom is -0.354 e. The quantitative estimate of drug-likeness (QED) is 0.938. The number of nitrogens with zero attached hydrogens (tertiary/aromatic N) is 4. The van der Waals surface area contributed by atoms with E-state index >= 15 is 0 Å². The predicted molar refractivity (Wildman–Crippen MR) is 80.9 cm³/mol. The maximum atomic E-state index is 12.1. The van der Waals surface area contributed by atoms with Gasteiger partial charge in [0.05, 0.1) is 11.6 Å². The Morgan fingerprint density at radius 2 is 1.86 bits per heavy atom. The Bertz CT molecular complexity index is 788. The van der Waals surface area contributed by atoms with Crippen molar-refractivity contribution < 1.29 is 4.79 Å². The van der Waals surface area contributed by atoms with E-state index in [2.05, 4.69) is 16.5 Å². The van der Waals surface area contributed by atoms with Gasteiger partial charge in [-0.25, -0.2) is 0 Å². The van der Waals surface area contributed by atoms with Crippen LogP contribution in [-0.2, 0) is 0 Å². The second kappa shape index (κ2) is 6.11. The molecule has 0 atom stereocenters. The molecule has 110 valence electrons. The molecule has 6 nitrogen and oxygen atoms in total. The largest absolute Gasteiger partial charge is 0.354 e. The number of nitriles is 2. The summed E-state index contributed by atoms with van der Waals surface area (Å²) < 4.78 is 1.55. The summed E-state index contributed by atoms with van der Waals surface area (Å²) in [6.45, 7) is 3.78. The van der Waals surface area contributed by atoms with Crippen molar-refractivity contribution in [2.75, 3.05) is 7.05 Å². The van der Waals surface area contributed by atoms with Crippen molar-refractivity contribution in [1.29, 1.82) is 10.5 Å². The van der Waals surface area contributed by atoms with Gasteiger partial charge in [0.25, 0.3) is 5.91 Å². The van der Waals surface area contributed by atoms with Crippen LogP contribution in [0.1, 0.15) is 41.5 Å². The molecule has 1 amide bonds. The van der Waals surface area contributed by atoms with Gasteiger partial charge >= 0.3 is 0 Å². The van der Waals surface area contributed by atoms with Crippen molar-refractivity contribution in [2.24, 2.45) is 0 Å². The Kier molecular flexibility index (Phi) is 4.24. The molecule has 1 aromatic heterocycles. The van der Waals surface area contributed by atoms with Gasteiger partial charge < -0.3 is 5.32 Å². The predicted octanol–water partition coefficient (Wildman–Crippen LogP) is 2.23. The molecule has 0 bridgehead atoms. The molecule has 22 heavy (non-hydrogen) atoms. The zero-order chi connectivity index (χ0) is 16.3. The fourth-order valence-corrected chi connectivity index (χ4v) is 2.15. The van der Waals surface area contributed by atoms with E-state index in [9.17, 15) is 10.1 Å². The van der Waals surface area contributed by atoms with Crippen molar-refractivity contribution in [1.82, 2.24) is 15.1 Å². The molecule has 0 spiro atoms. The number of benzene rings is 1. The maximum absolute atomic E-state index is 12.1. The topological polar surface area (TPSA) is 94.5 Å². The van der Waals surface area contributed by atoms with Crippen molar-refractivity contribution in [3.05, 3.63) is 41.1 Å². The summed E-state index contributed by atoms with van der Waals surface area (Å²) >= 11 is 0. The highest BCUT2D eigenvalue weighted by Crippen LogP contribution is 2.27. The average molecular weight is 293 g/mol. The number of carbonyl (C=O) groups is 1. The Morgan fingerprint density at radius 3 is 2.32 bits per heavy atom. The van der Waals surface area contributed by atoms with Gasteiger partial charge in [-0.1, -0.05) is 12.1 Å². The zero-order valence-corrected chi connectivity index (χ0v) is 12.6. The molecule has 1 aromatic carbocycles. The van der Waals surface area contributed by atoms with Gasteiger partial charge in [-0.05, 0) is 26.0 Å². The van der Waals surface area contributed by atoms with E-state index in [0.717, 1.165) is 0 Å². The summed E-state index contributed by atoms with van der Waals surface area (Å²) in [6.07, 6.45) is 0. The molecule has 2 aromatic rings. The lowest BCUT2D eigenvalue weighted by Gasteiger charge is -2.09. The average Bonchev–Trinajstić information content (AvgIpc) is 2.93. The van der Waals surface area contributed by atoms with E-state index < -0.39 is 0 Å². The van der Waals surface area contributed by atoms with Crippen LogP contribution in [0.15, 0.2) is 24.3 Å². The Hall–Kier alpha value is -3.12. The van der Waals surface area contributed by atoms with Crippen LogP contribution in [0.5, 0.6) is 0 Å². The highest BCUT2D eigenvalue weighted by atomic mass is 16.1. The lowest BCUT2D eigenvalue weighted by molar-refractivity contribution is 0.0950. The van der Waals surface area contributed by atoms with E-state index in [1.165, 1.54) is 7.05 Å². The molecule has 0 aliphatic carbocycles. The molecule has 0 unspecified atom stereocenters. The van der Waals surface area contributed by atoms with Crippen LogP contribution in [0.3, 0.4) is 0 Å². The summed E-state index contributed by atoms with van der Waals surface area (Å²) in [5.41, 5.74) is 2.15. The monoisotopic (exact) mass is 293 g/mol. The van der Waals surface area contributed by atoms with Crippen LogP contribution in [0.4, 0.5) is 0 Å². The van der Waals surface area contributed by atoms with Crippen LogP contribution in [-0.4, -0.2) is 22.7 Å². The third kappa shape index (κ3) is 2.55. The fraction of sp³-hybridized carbons (Fsp3) is 0.250. The number of carbonyl (C=O) groups excluding carboxylic acids is 1. The molecule has 0 saturated heterocycles. The van der Waals surface area contributed by atoms with E-state index in [1.54, 1.807) is 28.9 Å². The van der Waals surface area contributed by atoms with E-state index in [4.69, 9.17) is 5.26 Å². The highest BCUT2D eigenvalue weighted by molar-refractivity contribution is 5.97. The summed E-state index contributed by atoms with van der Waals surface area (Å²) in [7, 11) is 1.52. The highest BCUT2D eigenvalue weighted by Gasteiger charge is 2.25. The maximum Gasteiger partial charge on any atom is 0.270 e. The van der Waals surface area contributed by atoms with Crippen molar-refractivity contribution in [3.8, 4) is 23.4 Å². The van der Waals surface area contributed by atoms with E-state index in [0.29, 0.717) is 16.8 Å². The molecule has 1 N–H and O–H groups in total. The Balaban J connectivity index is 2.69. The molecular formula is C16H15N5O. The van der Waals surface area contributed by atoms with Gasteiger partial charge in [0.1, 0.15) is 23.0 Å². The second-order valence-electron chi connectivity index (χ2n) is 4.99. The zero-order valence-electron chi connectivity index (χ0n) is 12.6. The first-order chi connectivity index (χ1) is 10.5. The molecule has 2 rings (SSSR count). The summed E-state index contributed by atoms with van der Waals surface area (Å²) in [6, 6.07) is 10.8. The molecular weight excluding hydrogens is 278 g/mol. The third-order valence-electron chi connectivity index (χ3n) is 3.24. The normalized spacial score (nSPS) is 10.1. The molecule has 0 radical (unpaired) electrons. The smallest absolute Gasteiger partial charge is 0.270 e. The third-order valence-corrected chi connectivity index (χ3v) is 3.24. The fourth-order valence-electron chi connectivity index (χ4n) is 2.15. The summed E-state index contributed by atoms with van der Waals surface area (Å²) in [5, 5.41) is 25.3. The molecule has 1 heterocycles. The summed E-state index contributed by atoms with van der Waals surface area (Å²) in [5.74, 6) is -0.349. The van der Waals surface area contributed by atoms with Gasteiger partial charge in [-0.15, -0.1) is 0 Å². The van der Waals surface area contributed by atoms with Crippen LogP contribution in [0.25, 0.3) is 11.3 Å². The standard InChI is InChI=1S/C16H15N5O/c1-10(2)21-15(16(22)19-3)13(9-18)14(20-21)12-6-4-11(8-17)5-7-12/h4-7,10H,1-3H3,(H,19,22). The minimum absolute atomic E-state index is 0.0634. The first-order valence-corrected chi connectivity index (χ1v) is 6.78. The van der Waals surface area contributed by atoms with Crippen LogP contribution >= 0.6 is 0 Å². The lowest BCUT2D eigenvalue weighted by Crippen LogP contribution is -2.24. The number of rotatable bonds is 3. The van der Waals surface area contributed by atoms with Crippen LogP contribution < -0.4 is 5.32 Å². The van der Waals surface area contributed by atoms with Gasteiger partial charge in [0.2, 0.25) is 0 Å². The van der Waals surface area contributed by atoms with Gasteiger partial charge in [0.15, 0.2) is 0 Å². The van der Waals surface area contributed by atoms with Crippen molar-refractivity contribution >= 4 is 5.91 Å². The van der Waals surface area contributed by atoms with Gasteiger partial charge in [0, 0.05) is 18.7 Å². The van der Waals surface area contributed by atoms with Crippen molar-refractivity contribution in [3.63, 3.8) is 0 Å². The number of amides is 1. The molecule has 0 fully saturated rings. The number of hydrogen-bond donors (Lipinski definition) is 1. The Labute approximate surface area is 128 Å². The molecule has 0 saturated carbocycles. The van der Waals surface area contributed by atoms with E-state index in [1.807, 2.05) is 19.9 Å². The van der Waals surface area contributed by atoms with Crippen LogP contribution in [0.2, 0.25) is 0 Å². The van der Waals surface area contributed by atoms with Gasteiger partial charge in [-0.2, -0.15) is 15.6 Å². The first-order valence-electron chi connectivity index (χ1n) is 6.78. The van der Waals surface area contributed by atoms with Gasteiger partial charge in [-0.3, -0.25) is 9.48 Å². The number of hydrogen-bond acceptors (Lipinski definition) is 4. The molecule has 0 aliphatic rings.